The van der Waals surface area contributed by atoms with Crippen LogP contribution in [0.25, 0.3) is 0 Å². The number of carbonyl (C=O) groups is 1. The Morgan fingerprint density at radius 3 is 2.33 bits per heavy atom. The first-order chi connectivity index (χ1) is 8.37. The maximum absolute atomic E-state index is 11.1. The summed E-state index contributed by atoms with van der Waals surface area (Å²) in [7, 11) is 1.84. The zero-order valence-electron chi connectivity index (χ0n) is 11.4. The molecule has 1 aromatic rings. The SMILES string of the molecule is CCSc1ccc(CN(C)C(C)(C)C(=O)O)cc1. The molecule has 0 radical (unpaired) electrons. The van der Waals surface area contributed by atoms with Crippen molar-refractivity contribution in [3.8, 4) is 0 Å². The minimum absolute atomic E-state index is 0.635. The summed E-state index contributed by atoms with van der Waals surface area (Å²) < 4.78 is 0. The highest BCUT2D eigenvalue weighted by Crippen LogP contribution is 2.20. The third kappa shape index (κ3) is 3.75. The average Bonchev–Trinajstić information content (AvgIpc) is 2.31. The van der Waals surface area contributed by atoms with Gasteiger partial charge in [-0.25, -0.2) is 0 Å². The molecule has 18 heavy (non-hydrogen) atoms. The third-order valence-electron chi connectivity index (χ3n) is 3.13. The number of thioether (sulfide) groups is 1. The van der Waals surface area contributed by atoms with E-state index < -0.39 is 11.5 Å². The largest absolute Gasteiger partial charge is 0.480 e. The van der Waals surface area contributed by atoms with Crippen LogP contribution in [0.3, 0.4) is 0 Å². The number of nitrogens with zero attached hydrogens (tertiary/aromatic N) is 1. The number of rotatable bonds is 6. The summed E-state index contributed by atoms with van der Waals surface area (Å²) >= 11 is 1.81. The molecule has 1 aromatic carbocycles. The van der Waals surface area contributed by atoms with E-state index in [9.17, 15) is 4.79 Å². The normalized spacial score (nSPS) is 11.8. The lowest BCUT2D eigenvalue weighted by Gasteiger charge is -2.31. The van der Waals surface area contributed by atoms with Crippen LogP contribution in [0.5, 0.6) is 0 Å². The molecular weight excluding hydrogens is 246 g/mol. The third-order valence-corrected chi connectivity index (χ3v) is 4.03. The first-order valence-corrected chi connectivity index (χ1v) is 7.03. The van der Waals surface area contributed by atoms with Gasteiger partial charge in [-0.3, -0.25) is 9.69 Å². The molecule has 1 rings (SSSR count). The van der Waals surface area contributed by atoms with Crippen LogP contribution >= 0.6 is 11.8 Å². The van der Waals surface area contributed by atoms with Crippen LogP contribution in [0.4, 0.5) is 0 Å². The van der Waals surface area contributed by atoms with Gasteiger partial charge in [-0.05, 0) is 44.3 Å². The molecule has 0 unspecified atom stereocenters. The van der Waals surface area contributed by atoms with Crippen molar-refractivity contribution in [3.63, 3.8) is 0 Å². The topological polar surface area (TPSA) is 40.5 Å². The fourth-order valence-electron chi connectivity index (χ4n) is 1.49. The van der Waals surface area contributed by atoms with Gasteiger partial charge in [-0.2, -0.15) is 0 Å². The highest BCUT2D eigenvalue weighted by Gasteiger charge is 2.31. The Labute approximate surface area is 113 Å². The molecule has 0 amide bonds. The highest BCUT2D eigenvalue weighted by atomic mass is 32.2. The molecule has 0 aliphatic carbocycles. The molecule has 1 N–H and O–H groups in total. The highest BCUT2D eigenvalue weighted by molar-refractivity contribution is 7.99. The lowest BCUT2D eigenvalue weighted by molar-refractivity contribution is -0.148. The monoisotopic (exact) mass is 267 g/mol. The van der Waals surface area contributed by atoms with Gasteiger partial charge in [0.25, 0.3) is 0 Å². The van der Waals surface area contributed by atoms with Gasteiger partial charge in [0, 0.05) is 11.4 Å². The van der Waals surface area contributed by atoms with Gasteiger partial charge in [0.1, 0.15) is 5.54 Å². The molecule has 0 aromatic heterocycles. The molecule has 0 atom stereocenters. The summed E-state index contributed by atoms with van der Waals surface area (Å²) in [6.45, 7) is 6.20. The lowest BCUT2D eigenvalue weighted by Crippen LogP contribution is -2.47. The quantitative estimate of drug-likeness (QED) is 0.804. The zero-order valence-corrected chi connectivity index (χ0v) is 12.3. The lowest BCUT2D eigenvalue weighted by atomic mass is 10.0. The number of aliphatic carboxylic acids is 1. The number of likely N-dealkylation sites (N-methyl/N-ethyl adjacent to an activating group) is 1. The minimum Gasteiger partial charge on any atom is -0.480 e. The van der Waals surface area contributed by atoms with E-state index in [1.165, 1.54) is 4.90 Å². The van der Waals surface area contributed by atoms with Crippen molar-refractivity contribution in [3.05, 3.63) is 29.8 Å². The van der Waals surface area contributed by atoms with Crippen LogP contribution in [-0.2, 0) is 11.3 Å². The Hall–Kier alpha value is -1.00. The zero-order chi connectivity index (χ0) is 13.8. The summed E-state index contributed by atoms with van der Waals surface area (Å²) in [6, 6.07) is 8.30. The molecule has 0 spiro atoms. The van der Waals surface area contributed by atoms with Crippen LogP contribution in [-0.4, -0.2) is 34.3 Å². The summed E-state index contributed by atoms with van der Waals surface area (Å²) in [5.74, 6) is 0.258. The molecule has 0 fully saturated rings. The van der Waals surface area contributed by atoms with Crippen molar-refractivity contribution in [1.82, 2.24) is 4.90 Å². The number of carboxylic acids is 1. The molecule has 4 heteroatoms. The second-order valence-corrected chi connectivity index (χ2v) is 6.13. The standard InChI is InChI=1S/C14H21NO2S/c1-5-18-12-8-6-11(7-9-12)10-15(4)14(2,3)13(16)17/h6-9H,5,10H2,1-4H3,(H,16,17). The summed E-state index contributed by atoms with van der Waals surface area (Å²) in [6.07, 6.45) is 0. The Morgan fingerprint density at radius 1 is 1.33 bits per heavy atom. The molecule has 0 saturated heterocycles. The van der Waals surface area contributed by atoms with Gasteiger partial charge < -0.3 is 5.11 Å². The molecule has 0 aliphatic heterocycles. The fourth-order valence-corrected chi connectivity index (χ4v) is 2.15. The second kappa shape index (κ2) is 6.25. The summed E-state index contributed by atoms with van der Waals surface area (Å²) in [5, 5.41) is 9.16. The van der Waals surface area contributed by atoms with Gasteiger partial charge in [0.2, 0.25) is 0 Å². The summed E-state index contributed by atoms with van der Waals surface area (Å²) in [4.78, 5) is 14.2. The maximum atomic E-state index is 11.1. The van der Waals surface area contributed by atoms with Crippen LogP contribution in [0.15, 0.2) is 29.2 Å². The average molecular weight is 267 g/mol. The molecule has 0 heterocycles. The van der Waals surface area contributed by atoms with Crippen molar-refractivity contribution in [1.29, 1.82) is 0 Å². The molecular formula is C14H21NO2S. The van der Waals surface area contributed by atoms with Crippen LogP contribution < -0.4 is 0 Å². The molecule has 0 bridgehead atoms. The predicted octanol–water partition coefficient (Wildman–Crippen LogP) is 3.09. The Morgan fingerprint density at radius 2 is 1.89 bits per heavy atom. The molecule has 0 aliphatic rings. The van der Waals surface area contributed by atoms with Crippen molar-refractivity contribution in [2.75, 3.05) is 12.8 Å². The van der Waals surface area contributed by atoms with E-state index in [1.807, 2.05) is 11.9 Å². The minimum atomic E-state index is -0.850. The molecule has 3 nitrogen and oxygen atoms in total. The first-order valence-electron chi connectivity index (χ1n) is 6.04. The van der Waals surface area contributed by atoms with Gasteiger partial charge in [0.05, 0.1) is 0 Å². The van der Waals surface area contributed by atoms with E-state index in [4.69, 9.17) is 5.11 Å². The summed E-state index contributed by atoms with van der Waals surface area (Å²) in [5.41, 5.74) is 0.281. The predicted molar refractivity (Wildman–Crippen MR) is 76.0 cm³/mol. The Bertz CT molecular complexity index is 401. The number of carboxylic acid groups (broad SMARTS) is 1. The van der Waals surface area contributed by atoms with E-state index in [1.54, 1.807) is 25.6 Å². The van der Waals surface area contributed by atoms with Crippen molar-refractivity contribution < 1.29 is 9.90 Å². The van der Waals surface area contributed by atoms with E-state index in [0.29, 0.717) is 6.54 Å². The number of hydrogen-bond acceptors (Lipinski definition) is 3. The van der Waals surface area contributed by atoms with Crippen molar-refractivity contribution >= 4 is 17.7 Å². The first kappa shape index (κ1) is 15.1. The van der Waals surface area contributed by atoms with Gasteiger partial charge in [-0.1, -0.05) is 19.1 Å². The van der Waals surface area contributed by atoms with Crippen LogP contribution in [0.1, 0.15) is 26.3 Å². The smallest absolute Gasteiger partial charge is 0.323 e. The van der Waals surface area contributed by atoms with E-state index in [-0.39, 0.29) is 0 Å². The van der Waals surface area contributed by atoms with Crippen molar-refractivity contribution in [2.24, 2.45) is 0 Å². The van der Waals surface area contributed by atoms with Crippen LogP contribution in [0, 0.1) is 0 Å². The van der Waals surface area contributed by atoms with E-state index >= 15 is 0 Å². The van der Waals surface area contributed by atoms with Crippen molar-refractivity contribution in [2.45, 2.75) is 37.8 Å². The fraction of sp³-hybridized carbons (Fsp3) is 0.500. The number of benzene rings is 1. The van der Waals surface area contributed by atoms with Gasteiger partial charge in [-0.15, -0.1) is 11.8 Å². The Balaban J connectivity index is 2.70. The van der Waals surface area contributed by atoms with E-state index in [2.05, 4.69) is 31.2 Å². The molecule has 100 valence electrons. The Kier molecular flexibility index (Phi) is 5.23. The van der Waals surface area contributed by atoms with Gasteiger partial charge in [0.15, 0.2) is 0 Å². The van der Waals surface area contributed by atoms with Gasteiger partial charge >= 0.3 is 5.97 Å². The maximum Gasteiger partial charge on any atom is 0.323 e. The van der Waals surface area contributed by atoms with Crippen LogP contribution in [0.2, 0.25) is 0 Å². The van der Waals surface area contributed by atoms with E-state index in [0.717, 1.165) is 11.3 Å². The second-order valence-electron chi connectivity index (χ2n) is 4.80. The number of hydrogen-bond donors (Lipinski definition) is 1. The molecule has 0 saturated carbocycles.